The van der Waals surface area contributed by atoms with Crippen LogP contribution in [0.3, 0.4) is 0 Å². The van der Waals surface area contributed by atoms with Crippen LogP contribution in [0, 0.1) is 5.92 Å². The summed E-state index contributed by atoms with van der Waals surface area (Å²) in [5.41, 5.74) is 0. The van der Waals surface area contributed by atoms with Gasteiger partial charge in [0, 0.05) is 6.92 Å². The average molecular weight is 154 g/mol. The van der Waals surface area contributed by atoms with Gasteiger partial charge in [0.1, 0.15) is 0 Å². The summed E-state index contributed by atoms with van der Waals surface area (Å²) in [6.07, 6.45) is -2.06. The first-order valence-corrected chi connectivity index (χ1v) is 3.36. The lowest BCUT2D eigenvalue weighted by Crippen LogP contribution is -2.27. The summed E-state index contributed by atoms with van der Waals surface area (Å²) in [6, 6.07) is 0. The molecule has 0 spiro atoms. The molecule has 0 rings (SSSR count). The van der Waals surface area contributed by atoms with Crippen molar-refractivity contribution in [2.45, 2.75) is 39.3 Å². The van der Waals surface area contributed by atoms with E-state index in [9.17, 15) is 13.2 Å². The quantitative estimate of drug-likeness (QED) is 0.586. The first-order chi connectivity index (χ1) is 4.34. The van der Waals surface area contributed by atoms with E-state index in [2.05, 4.69) is 0 Å². The summed E-state index contributed by atoms with van der Waals surface area (Å²) >= 11 is 0. The zero-order valence-corrected chi connectivity index (χ0v) is 6.50. The van der Waals surface area contributed by atoms with Crippen LogP contribution in [0.5, 0.6) is 0 Å². The Balaban J connectivity index is 3.73. The fourth-order valence-electron chi connectivity index (χ4n) is 0.621. The minimum atomic E-state index is -3.18. The van der Waals surface area contributed by atoms with Crippen molar-refractivity contribution in [2.75, 3.05) is 0 Å². The zero-order valence-electron chi connectivity index (χ0n) is 6.50. The summed E-state index contributed by atoms with van der Waals surface area (Å²) in [5.74, 6) is -3.19. The number of hydrogen-bond acceptors (Lipinski definition) is 0. The van der Waals surface area contributed by atoms with Crippen LogP contribution >= 0.6 is 0 Å². The molecular formula is C7H13F3. The van der Waals surface area contributed by atoms with Crippen LogP contribution in [0.2, 0.25) is 0 Å². The molecule has 0 saturated heterocycles. The van der Waals surface area contributed by atoms with E-state index in [1.54, 1.807) is 13.8 Å². The van der Waals surface area contributed by atoms with Gasteiger partial charge in [-0.15, -0.1) is 0 Å². The van der Waals surface area contributed by atoms with Gasteiger partial charge in [-0.05, 0) is 12.3 Å². The molecule has 0 aromatic rings. The molecule has 10 heavy (non-hydrogen) atoms. The molecule has 0 fully saturated rings. The Bertz CT molecular complexity index is 93.5. The Kier molecular flexibility index (Phi) is 3.19. The van der Waals surface area contributed by atoms with Gasteiger partial charge in [0.15, 0.2) is 6.17 Å². The van der Waals surface area contributed by atoms with Gasteiger partial charge in [-0.3, -0.25) is 0 Å². The Morgan fingerprint density at radius 1 is 1.30 bits per heavy atom. The van der Waals surface area contributed by atoms with E-state index in [-0.39, 0.29) is 12.3 Å². The molecule has 0 N–H and O–H groups in total. The fourth-order valence-corrected chi connectivity index (χ4v) is 0.621. The highest BCUT2D eigenvalue weighted by Gasteiger charge is 2.34. The van der Waals surface area contributed by atoms with Crippen molar-refractivity contribution in [3.05, 3.63) is 0 Å². The number of halogens is 3. The van der Waals surface area contributed by atoms with Gasteiger partial charge in [0.25, 0.3) is 5.92 Å². The molecule has 0 aromatic carbocycles. The lowest BCUT2D eigenvalue weighted by molar-refractivity contribution is -0.0618. The lowest BCUT2D eigenvalue weighted by Gasteiger charge is -2.16. The van der Waals surface area contributed by atoms with Crippen molar-refractivity contribution < 1.29 is 13.2 Å². The number of alkyl halides is 3. The van der Waals surface area contributed by atoms with Crippen LogP contribution in [0.15, 0.2) is 0 Å². The SMILES string of the molecule is CC(C)CC(F)C(C)(F)F. The van der Waals surface area contributed by atoms with Crippen molar-refractivity contribution in [2.24, 2.45) is 5.92 Å². The highest BCUT2D eigenvalue weighted by Crippen LogP contribution is 2.25. The maximum Gasteiger partial charge on any atom is 0.275 e. The van der Waals surface area contributed by atoms with Gasteiger partial charge in [-0.2, -0.15) is 0 Å². The Morgan fingerprint density at radius 3 is 1.80 bits per heavy atom. The monoisotopic (exact) mass is 154 g/mol. The zero-order chi connectivity index (χ0) is 8.36. The second-order valence-corrected chi connectivity index (χ2v) is 3.05. The predicted octanol–water partition coefficient (Wildman–Crippen LogP) is 3.03. The van der Waals surface area contributed by atoms with Crippen LogP contribution < -0.4 is 0 Å². The maximum atomic E-state index is 12.4. The highest BCUT2D eigenvalue weighted by molar-refractivity contribution is 4.72. The predicted molar refractivity (Wildman–Crippen MR) is 35.0 cm³/mol. The van der Waals surface area contributed by atoms with E-state index >= 15 is 0 Å². The largest absolute Gasteiger partial charge is 0.275 e. The van der Waals surface area contributed by atoms with Crippen molar-refractivity contribution in [3.63, 3.8) is 0 Å². The molecular weight excluding hydrogens is 141 g/mol. The van der Waals surface area contributed by atoms with Crippen LogP contribution in [0.4, 0.5) is 13.2 Å². The molecule has 0 bridgehead atoms. The van der Waals surface area contributed by atoms with Crippen molar-refractivity contribution in [1.29, 1.82) is 0 Å². The summed E-state index contributed by atoms with van der Waals surface area (Å²) in [4.78, 5) is 0. The fraction of sp³-hybridized carbons (Fsp3) is 1.00. The van der Waals surface area contributed by atoms with Gasteiger partial charge in [-0.1, -0.05) is 13.8 Å². The first-order valence-electron chi connectivity index (χ1n) is 3.36. The molecule has 0 aliphatic rings. The van der Waals surface area contributed by atoms with E-state index < -0.39 is 12.1 Å². The molecule has 0 radical (unpaired) electrons. The van der Waals surface area contributed by atoms with E-state index in [0.29, 0.717) is 6.92 Å². The molecule has 0 nitrogen and oxygen atoms in total. The van der Waals surface area contributed by atoms with E-state index in [0.717, 1.165) is 0 Å². The third-order valence-corrected chi connectivity index (χ3v) is 1.23. The molecule has 0 heterocycles. The van der Waals surface area contributed by atoms with Crippen LogP contribution in [0.1, 0.15) is 27.2 Å². The summed E-state index contributed by atoms with van der Waals surface area (Å²) in [6.45, 7) is 4.05. The third kappa shape index (κ3) is 3.75. The molecule has 0 saturated carbocycles. The van der Waals surface area contributed by atoms with E-state index in [1.807, 2.05) is 0 Å². The standard InChI is InChI=1S/C7H13F3/c1-5(2)4-6(8)7(3,9)10/h5-6H,4H2,1-3H3. The number of rotatable bonds is 3. The van der Waals surface area contributed by atoms with Gasteiger partial charge in [0.2, 0.25) is 0 Å². The van der Waals surface area contributed by atoms with Gasteiger partial charge in [-0.25, -0.2) is 13.2 Å². The van der Waals surface area contributed by atoms with Crippen LogP contribution in [-0.2, 0) is 0 Å². The van der Waals surface area contributed by atoms with Crippen molar-refractivity contribution in [1.82, 2.24) is 0 Å². The second kappa shape index (κ2) is 3.26. The molecule has 0 aliphatic carbocycles. The Morgan fingerprint density at radius 2 is 1.70 bits per heavy atom. The van der Waals surface area contributed by atoms with Gasteiger partial charge >= 0.3 is 0 Å². The van der Waals surface area contributed by atoms with Gasteiger partial charge in [0.05, 0.1) is 0 Å². The van der Waals surface area contributed by atoms with Crippen LogP contribution in [-0.4, -0.2) is 12.1 Å². The Hall–Kier alpha value is -0.210. The van der Waals surface area contributed by atoms with Crippen molar-refractivity contribution in [3.8, 4) is 0 Å². The highest BCUT2D eigenvalue weighted by atomic mass is 19.3. The molecule has 0 aromatic heterocycles. The number of hydrogen-bond donors (Lipinski definition) is 0. The molecule has 62 valence electrons. The summed E-state index contributed by atoms with van der Waals surface area (Å²) in [5, 5.41) is 0. The first kappa shape index (κ1) is 9.79. The topological polar surface area (TPSA) is 0 Å². The van der Waals surface area contributed by atoms with E-state index in [1.165, 1.54) is 0 Å². The van der Waals surface area contributed by atoms with Crippen molar-refractivity contribution >= 4 is 0 Å². The molecule has 1 atom stereocenters. The average Bonchev–Trinajstić information content (AvgIpc) is 1.60. The molecule has 0 aliphatic heterocycles. The lowest BCUT2D eigenvalue weighted by atomic mass is 10.0. The third-order valence-electron chi connectivity index (χ3n) is 1.23. The minimum Gasteiger partial charge on any atom is -0.241 e. The molecule has 1 unspecified atom stereocenters. The van der Waals surface area contributed by atoms with Crippen LogP contribution in [0.25, 0.3) is 0 Å². The summed E-state index contributed by atoms with van der Waals surface area (Å²) < 4.78 is 36.6. The molecule has 3 heteroatoms. The normalized spacial score (nSPS) is 15.9. The minimum absolute atomic E-state index is 0.0131. The maximum absolute atomic E-state index is 12.4. The van der Waals surface area contributed by atoms with E-state index in [4.69, 9.17) is 0 Å². The second-order valence-electron chi connectivity index (χ2n) is 3.05. The summed E-state index contributed by atoms with van der Waals surface area (Å²) in [7, 11) is 0. The molecule has 0 amide bonds. The van der Waals surface area contributed by atoms with Gasteiger partial charge < -0.3 is 0 Å². The Labute approximate surface area is 59.4 Å². The smallest absolute Gasteiger partial charge is 0.241 e.